The molecule has 0 spiro atoms. The number of carbonyl (C=O) groups excluding carboxylic acids is 1. The van der Waals surface area contributed by atoms with Crippen LogP contribution in [0.1, 0.15) is 24.5 Å². The molecule has 0 saturated carbocycles. The molecule has 0 bridgehead atoms. The molecule has 0 aliphatic carbocycles. The molecule has 0 radical (unpaired) electrons. The highest BCUT2D eigenvalue weighted by Crippen LogP contribution is 2.19. The number of hydrogen-bond donors (Lipinski definition) is 0. The van der Waals surface area contributed by atoms with Crippen molar-refractivity contribution in [3.63, 3.8) is 0 Å². The number of pyridine rings is 1. The van der Waals surface area contributed by atoms with Crippen LogP contribution in [0.2, 0.25) is 0 Å². The van der Waals surface area contributed by atoms with Gasteiger partial charge in [0.15, 0.2) is 0 Å². The highest BCUT2D eigenvalue weighted by atomic mass is 16.5. The zero-order chi connectivity index (χ0) is 15.8. The van der Waals surface area contributed by atoms with E-state index < -0.39 is 0 Å². The molecule has 116 valence electrons. The lowest BCUT2D eigenvalue weighted by atomic mass is 10.1. The van der Waals surface area contributed by atoms with E-state index >= 15 is 0 Å². The Hall–Kier alpha value is -2.36. The predicted molar refractivity (Wildman–Crippen MR) is 86.6 cm³/mol. The van der Waals surface area contributed by atoms with E-state index in [0.717, 1.165) is 16.9 Å². The second-order valence-corrected chi connectivity index (χ2v) is 5.15. The lowest BCUT2D eigenvalue weighted by molar-refractivity contribution is -0.130. The van der Waals surface area contributed by atoms with Gasteiger partial charge in [0.25, 0.3) is 0 Å². The number of aromatic nitrogens is 1. The molecule has 1 heterocycles. The zero-order valence-electron chi connectivity index (χ0n) is 13.2. The smallest absolute Gasteiger partial charge is 0.222 e. The number of nitrogens with zero attached hydrogens (tertiary/aromatic N) is 2. The van der Waals surface area contributed by atoms with Gasteiger partial charge in [0.1, 0.15) is 5.75 Å². The van der Waals surface area contributed by atoms with Crippen molar-refractivity contribution >= 4 is 5.91 Å². The van der Waals surface area contributed by atoms with Crippen molar-refractivity contribution < 1.29 is 9.53 Å². The fourth-order valence-corrected chi connectivity index (χ4v) is 2.29. The first-order chi connectivity index (χ1) is 10.7. The van der Waals surface area contributed by atoms with E-state index in [0.29, 0.717) is 26.0 Å². The Kier molecular flexibility index (Phi) is 5.95. The van der Waals surface area contributed by atoms with Gasteiger partial charge in [-0.25, -0.2) is 0 Å². The van der Waals surface area contributed by atoms with Crippen LogP contribution in [0.4, 0.5) is 0 Å². The fraction of sp³-hybridized carbons (Fsp3) is 0.333. The Morgan fingerprint density at radius 1 is 1.23 bits per heavy atom. The molecule has 1 amide bonds. The number of aryl methyl sites for hydroxylation is 1. The molecule has 0 unspecified atom stereocenters. The van der Waals surface area contributed by atoms with Gasteiger partial charge in [-0.2, -0.15) is 0 Å². The average molecular weight is 298 g/mol. The summed E-state index contributed by atoms with van der Waals surface area (Å²) < 4.78 is 5.59. The first-order valence-corrected chi connectivity index (χ1v) is 7.54. The van der Waals surface area contributed by atoms with Gasteiger partial charge in [-0.3, -0.25) is 9.78 Å². The molecule has 0 aliphatic heterocycles. The van der Waals surface area contributed by atoms with E-state index in [4.69, 9.17) is 4.74 Å². The van der Waals surface area contributed by atoms with Crippen LogP contribution in [-0.4, -0.2) is 29.4 Å². The first-order valence-electron chi connectivity index (χ1n) is 7.54. The van der Waals surface area contributed by atoms with E-state index in [-0.39, 0.29) is 5.91 Å². The number of carbonyl (C=O) groups is 1. The summed E-state index contributed by atoms with van der Waals surface area (Å²) in [5, 5.41) is 0. The highest BCUT2D eigenvalue weighted by molar-refractivity contribution is 5.76. The van der Waals surface area contributed by atoms with Gasteiger partial charge < -0.3 is 9.64 Å². The minimum Gasteiger partial charge on any atom is -0.494 e. The van der Waals surface area contributed by atoms with Crippen molar-refractivity contribution in [2.45, 2.75) is 26.3 Å². The minimum absolute atomic E-state index is 0.121. The molecule has 1 aromatic heterocycles. The summed E-state index contributed by atoms with van der Waals surface area (Å²) >= 11 is 0. The zero-order valence-corrected chi connectivity index (χ0v) is 13.2. The number of ether oxygens (including phenoxy) is 1. The Bertz CT molecular complexity index is 599. The van der Waals surface area contributed by atoms with E-state index in [9.17, 15) is 4.79 Å². The third-order valence-electron chi connectivity index (χ3n) is 3.45. The van der Waals surface area contributed by atoms with Crippen LogP contribution in [0.5, 0.6) is 5.75 Å². The number of benzene rings is 1. The van der Waals surface area contributed by atoms with Crippen LogP contribution < -0.4 is 4.74 Å². The molecule has 2 rings (SSSR count). The summed E-state index contributed by atoms with van der Waals surface area (Å²) in [6.45, 7) is 3.18. The standard InChI is InChI=1S/C18H22N2O2/c1-3-22-17-9-5-4-8-16(17)10-11-18(21)20(2)14-15-7-6-12-19-13-15/h4-9,12-13H,3,10-11,14H2,1-2H3. The Morgan fingerprint density at radius 3 is 2.77 bits per heavy atom. The maximum Gasteiger partial charge on any atom is 0.222 e. The molecule has 4 heteroatoms. The highest BCUT2D eigenvalue weighted by Gasteiger charge is 2.11. The minimum atomic E-state index is 0.121. The molecular weight excluding hydrogens is 276 g/mol. The number of rotatable bonds is 7. The summed E-state index contributed by atoms with van der Waals surface area (Å²) in [5.74, 6) is 0.989. The van der Waals surface area contributed by atoms with Crippen molar-refractivity contribution in [1.29, 1.82) is 0 Å². The van der Waals surface area contributed by atoms with Crippen LogP contribution >= 0.6 is 0 Å². The van der Waals surface area contributed by atoms with Crippen LogP contribution in [0.15, 0.2) is 48.8 Å². The maximum atomic E-state index is 12.3. The van der Waals surface area contributed by atoms with Crippen molar-refractivity contribution in [1.82, 2.24) is 9.88 Å². The average Bonchev–Trinajstić information content (AvgIpc) is 2.55. The third-order valence-corrected chi connectivity index (χ3v) is 3.45. The molecule has 2 aromatic rings. The summed E-state index contributed by atoms with van der Waals surface area (Å²) in [4.78, 5) is 18.1. The quantitative estimate of drug-likeness (QED) is 0.789. The van der Waals surface area contributed by atoms with E-state index in [1.807, 2.05) is 50.4 Å². The van der Waals surface area contributed by atoms with Crippen LogP contribution in [0, 0.1) is 0 Å². The van der Waals surface area contributed by atoms with E-state index in [2.05, 4.69) is 4.98 Å². The SMILES string of the molecule is CCOc1ccccc1CCC(=O)N(C)Cc1cccnc1. The first kappa shape index (κ1) is 16.0. The van der Waals surface area contributed by atoms with Crippen LogP contribution in [-0.2, 0) is 17.8 Å². The number of hydrogen-bond acceptors (Lipinski definition) is 3. The van der Waals surface area contributed by atoms with Gasteiger partial charge in [0.05, 0.1) is 6.61 Å². The molecular formula is C18H22N2O2. The summed E-state index contributed by atoms with van der Waals surface area (Å²) in [6, 6.07) is 11.7. The number of amides is 1. The molecule has 1 aromatic carbocycles. The number of para-hydroxylation sites is 1. The molecule has 0 saturated heterocycles. The third kappa shape index (κ3) is 4.58. The van der Waals surface area contributed by atoms with Crippen LogP contribution in [0.25, 0.3) is 0 Å². The molecule has 0 N–H and O–H groups in total. The largest absolute Gasteiger partial charge is 0.494 e. The van der Waals surface area contributed by atoms with Gasteiger partial charge >= 0.3 is 0 Å². The van der Waals surface area contributed by atoms with Crippen molar-refractivity contribution in [3.05, 3.63) is 59.9 Å². The van der Waals surface area contributed by atoms with Gasteiger partial charge in [-0.15, -0.1) is 0 Å². The van der Waals surface area contributed by atoms with E-state index in [1.54, 1.807) is 17.3 Å². The van der Waals surface area contributed by atoms with E-state index in [1.165, 1.54) is 0 Å². The van der Waals surface area contributed by atoms with Gasteiger partial charge in [0.2, 0.25) is 5.91 Å². The lowest BCUT2D eigenvalue weighted by Gasteiger charge is -2.17. The maximum absolute atomic E-state index is 12.3. The Labute approximate surface area is 131 Å². The van der Waals surface area contributed by atoms with Crippen LogP contribution in [0.3, 0.4) is 0 Å². The Morgan fingerprint density at radius 2 is 2.05 bits per heavy atom. The van der Waals surface area contributed by atoms with Gasteiger partial charge in [-0.1, -0.05) is 24.3 Å². The molecule has 0 aliphatic rings. The monoisotopic (exact) mass is 298 g/mol. The van der Waals surface area contributed by atoms with Crippen molar-refractivity contribution in [2.75, 3.05) is 13.7 Å². The lowest BCUT2D eigenvalue weighted by Crippen LogP contribution is -2.26. The van der Waals surface area contributed by atoms with Crippen molar-refractivity contribution in [2.24, 2.45) is 0 Å². The van der Waals surface area contributed by atoms with Crippen molar-refractivity contribution in [3.8, 4) is 5.75 Å². The van der Waals surface area contributed by atoms with Gasteiger partial charge in [0, 0.05) is 32.4 Å². The normalized spacial score (nSPS) is 10.3. The van der Waals surface area contributed by atoms with Gasteiger partial charge in [-0.05, 0) is 36.6 Å². The molecule has 22 heavy (non-hydrogen) atoms. The summed E-state index contributed by atoms with van der Waals surface area (Å²) in [7, 11) is 1.82. The Balaban J connectivity index is 1.89. The fourth-order valence-electron chi connectivity index (χ4n) is 2.29. The molecule has 0 atom stereocenters. The summed E-state index contributed by atoms with van der Waals surface area (Å²) in [5.41, 5.74) is 2.11. The predicted octanol–water partition coefficient (Wildman–Crippen LogP) is 3.07. The topological polar surface area (TPSA) is 42.4 Å². The molecule has 4 nitrogen and oxygen atoms in total. The second kappa shape index (κ2) is 8.17. The molecule has 0 fully saturated rings. The second-order valence-electron chi connectivity index (χ2n) is 5.15. The summed E-state index contributed by atoms with van der Waals surface area (Å²) in [6.07, 6.45) is 4.68.